The first-order valence-corrected chi connectivity index (χ1v) is 7.39. The number of rotatable bonds is 3. The fourth-order valence-corrected chi connectivity index (χ4v) is 3.68. The van der Waals surface area contributed by atoms with Gasteiger partial charge in [0, 0.05) is 5.92 Å². The van der Waals surface area contributed by atoms with Crippen molar-refractivity contribution in [1.29, 1.82) is 0 Å². The van der Waals surface area contributed by atoms with Gasteiger partial charge in [0.1, 0.15) is 10.8 Å². The largest absolute Gasteiger partial charge is 0.389 e. The van der Waals surface area contributed by atoms with Crippen molar-refractivity contribution in [2.45, 2.75) is 25.7 Å². The summed E-state index contributed by atoms with van der Waals surface area (Å²) in [6.45, 7) is 0. The SMILES string of the molecule is NC(=S)c1c(F)cccc1NC(=O)C1C2CCCCC21. The first-order chi connectivity index (χ1) is 9.59. The Hall–Kier alpha value is -1.49. The van der Waals surface area contributed by atoms with Gasteiger partial charge in [-0.3, -0.25) is 4.79 Å². The van der Waals surface area contributed by atoms with Crippen LogP contribution in [0.1, 0.15) is 31.2 Å². The van der Waals surface area contributed by atoms with Gasteiger partial charge in [-0.15, -0.1) is 0 Å². The van der Waals surface area contributed by atoms with Crippen LogP contribution in [0.15, 0.2) is 18.2 Å². The molecule has 0 bridgehead atoms. The summed E-state index contributed by atoms with van der Waals surface area (Å²) in [6.07, 6.45) is 4.69. The van der Waals surface area contributed by atoms with Gasteiger partial charge < -0.3 is 11.1 Å². The van der Waals surface area contributed by atoms with Gasteiger partial charge in [0.2, 0.25) is 5.91 Å². The smallest absolute Gasteiger partial charge is 0.228 e. The van der Waals surface area contributed by atoms with Crippen LogP contribution in [0, 0.1) is 23.6 Å². The number of hydrogen-bond acceptors (Lipinski definition) is 2. The number of carbonyl (C=O) groups excluding carboxylic acids is 1. The maximum atomic E-state index is 13.7. The number of anilines is 1. The van der Waals surface area contributed by atoms with E-state index in [1.807, 2.05) is 0 Å². The number of fused-ring (bicyclic) bond motifs is 1. The monoisotopic (exact) mass is 292 g/mol. The van der Waals surface area contributed by atoms with Crippen molar-refractivity contribution in [3.8, 4) is 0 Å². The van der Waals surface area contributed by atoms with Gasteiger partial charge >= 0.3 is 0 Å². The van der Waals surface area contributed by atoms with Crippen molar-refractivity contribution >= 4 is 28.8 Å². The van der Waals surface area contributed by atoms with Crippen LogP contribution in [0.4, 0.5) is 10.1 Å². The second kappa shape index (κ2) is 5.13. The van der Waals surface area contributed by atoms with Crippen molar-refractivity contribution in [2.24, 2.45) is 23.5 Å². The molecule has 3 N–H and O–H groups in total. The number of amides is 1. The quantitative estimate of drug-likeness (QED) is 0.842. The van der Waals surface area contributed by atoms with Crippen LogP contribution in [-0.4, -0.2) is 10.9 Å². The highest BCUT2D eigenvalue weighted by atomic mass is 32.1. The molecular weight excluding hydrogens is 275 g/mol. The first-order valence-electron chi connectivity index (χ1n) is 6.99. The third-order valence-corrected chi connectivity index (χ3v) is 4.68. The average Bonchev–Trinajstić information content (AvgIpc) is 3.12. The molecular formula is C15H17FN2OS. The molecule has 1 aromatic carbocycles. The van der Waals surface area contributed by atoms with Crippen LogP contribution in [0.3, 0.4) is 0 Å². The van der Waals surface area contributed by atoms with Crippen LogP contribution in [-0.2, 0) is 4.79 Å². The lowest BCUT2D eigenvalue weighted by molar-refractivity contribution is -0.117. The van der Waals surface area contributed by atoms with Crippen LogP contribution in [0.5, 0.6) is 0 Å². The molecule has 106 valence electrons. The predicted octanol–water partition coefficient (Wildman–Crippen LogP) is 2.83. The molecule has 0 heterocycles. The van der Waals surface area contributed by atoms with Gasteiger partial charge in [0.05, 0.1) is 11.3 Å². The van der Waals surface area contributed by atoms with Crippen molar-refractivity contribution in [1.82, 2.24) is 0 Å². The summed E-state index contributed by atoms with van der Waals surface area (Å²) in [5.41, 5.74) is 6.05. The van der Waals surface area contributed by atoms with Crippen LogP contribution < -0.4 is 11.1 Å². The Balaban J connectivity index is 1.77. The van der Waals surface area contributed by atoms with Gasteiger partial charge in [-0.05, 0) is 36.8 Å². The Kier molecular flexibility index (Phi) is 3.46. The van der Waals surface area contributed by atoms with Crippen molar-refractivity contribution in [3.05, 3.63) is 29.6 Å². The zero-order valence-electron chi connectivity index (χ0n) is 11.1. The lowest BCUT2D eigenvalue weighted by Gasteiger charge is -2.10. The molecule has 0 aliphatic heterocycles. The Bertz CT molecular complexity index is 563. The Morgan fingerprint density at radius 1 is 1.30 bits per heavy atom. The summed E-state index contributed by atoms with van der Waals surface area (Å²) < 4.78 is 13.7. The van der Waals surface area contributed by atoms with E-state index in [4.69, 9.17) is 18.0 Å². The highest BCUT2D eigenvalue weighted by Gasteiger charge is 2.54. The van der Waals surface area contributed by atoms with E-state index in [-0.39, 0.29) is 22.4 Å². The minimum atomic E-state index is -0.497. The molecule has 1 amide bonds. The number of hydrogen-bond donors (Lipinski definition) is 2. The maximum absolute atomic E-state index is 13.7. The molecule has 2 aliphatic rings. The van der Waals surface area contributed by atoms with E-state index in [2.05, 4.69) is 5.32 Å². The number of nitrogens with one attached hydrogen (secondary N) is 1. The normalized spacial score (nSPS) is 27.6. The summed E-state index contributed by atoms with van der Waals surface area (Å²) in [5, 5.41) is 2.80. The number of halogens is 1. The van der Waals surface area contributed by atoms with Gasteiger partial charge in [0.15, 0.2) is 0 Å². The lowest BCUT2D eigenvalue weighted by atomic mass is 10.0. The third-order valence-electron chi connectivity index (χ3n) is 4.48. The predicted molar refractivity (Wildman–Crippen MR) is 79.9 cm³/mol. The summed E-state index contributed by atoms with van der Waals surface area (Å²) in [7, 11) is 0. The summed E-state index contributed by atoms with van der Waals surface area (Å²) in [6, 6.07) is 4.48. The van der Waals surface area contributed by atoms with Crippen LogP contribution >= 0.6 is 12.2 Å². The summed E-state index contributed by atoms with van der Waals surface area (Å²) >= 11 is 4.86. The van der Waals surface area contributed by atoms with E-state index in [9.17, 15) is 9.18 Å². The van der Waals surface area contributed by atoms with Crippen molar-refractivity contribution in [3.63, 3.8) is 0 Å². The molecule has 0 aromatic heterocycles. The average molecular weight is 292 g/mol. The zero-order valence-corrected chi connectivity index (χ0v) is 11.9. The van der Waals surface area contributed by atoms with Crippen LogP contribution in [0.25, 0.3) is 0 Å². The number of thiocarbonyl (C=S) groups is 1. The molecule has 2 fully saturated rings. The fraction of sp³-hybridized carbons (Fsp3) is 0.467. The highest BCUT2D eigenvalue weighted by molar-refractivity contribution is 7.80. The molecule has 0 radical (unpaired) electrons. The van der Waals surface area contributed by atoms with Crippen molar-refractivity contribution < 1.29 is 9.18 Å². The van der Waals surface area contributed by atoms with E-state index < -0.39 is 5.82 Å². The number of nitrogens with two attached hydrogens (primary N) is 1. The molecule has 1 aromatic rings. The molecule has 3 rings (SSSR count). The van der Waals surface area contributed by atoms with Gasteiger partial charge in [0.25, 0.3) is 0 Å². The molecule has 5 heteroatoms. The van der Waals surface area contributed by atoms with E-state index in [1.165, 1.54) is 18.9 Å². The standard InChI is InChI=1S/C15H17FN2OS/c16-10-6-3-7-11(13(10)14(17)20)18-15(19)12-8-4-1-2-5-9(8)12/h3,6-9,12H,1-2,4-5H2,(H2,17,20)(H,18,19). The molecule has 2 saturated carbocycles. The highest BCUT2D eigenvalue weighted by Crippen LogP contribution is 2.55. The van der Waals surface area contributed by atoms with Gasteiger partial charge in [-0.25, -0.2) is 4.39 Å². The Morgan fingerprint density at radius 3 is 2.55 bits per heavy atom. The van der Waals surface area contributed by atoms with Crippen LogP contribution in [0.2, 0.25) is 0 Å². The molecule has 3 nitrogen and oxygen atoms in total. The van der Waals surface area contributed by atoms with E-state index in [0.717, 1.165) is 12.8 Å². The van der Waals surface area contributed by atoms with E-state index >= 15 is 0 Å². The second-order valence-electron chi connectivity index (χ2n) is 5.65. The molecule has 0 spiro atoms. The number of benzene rings is 1. The summed E-state index contributed by atoms with van der Waals surface area (Å²) in [5.74, 6) is 0.602. The topological polar surface area (TPSA) is 55.1 Å². The van der Waals surface area contributed by atoms with Crippen molar-refractivity contribution in [2.75, 3.05) is 5.32 Å². The maximum Gasteiger partial charge on any atom is 0.228 e. The van der Waals surface area contributed by atoms with E-state index in [1.54, 1.807) is 12.1 Å². The molecule has 2 aliphatic carbocycles. The summed E-state index contributed by atoms with van der Waals surface area (Å²) in [4.78, 5) is 12.3. The lowest BCUT2D eigenvalue weighted by Crippen LogP contribution is -2.20. The van der Waals surface area contributed by atoms with Gasteiger partial charge in [-0.2, -0.15) is 0 Å². The minimum Gasteiger partial charge on any atom is -0.389 e. The molecule has 2 atom stereocenters. The fourth-order valence-electron chi connectivity index (χ4n) is 3.48. The Morgan fingerprint density at radius 2 is 1.95 bits per heavy atom. The molecule has 20 heavy (non-hydrogen) atoms. The first kappa shape index (κ1) is 13.5. The van der Waals surface area contributed by atoms with E-state index in [0.29, 0.717) is 17.5 Å². The second-order valence-corrected chi connectivity index (χ2v) is 6.09. The minimum absolute atomic E-state index is 0.0231. The Labute approximate surface area is 122 Å². The number of carbonyl (C=O) groups is 1. The molecule has 0 saturated heterocycles. The zero-order chi connectivity index (χ0) is 14.3. The molecule has 2 unspecified atom stereocenters. The van der Waals surface area contributed by atoms with Gasteiger partial charge in [-0.1, -0.05) is 31.1 Å². The third kappa shape index (κ3) is 2.30.